The maximum Gasteiger partial charge on any atom is 0.223 e. The third-order valence-electron chi connectivity index (χ3n) is 3.72. The van der Waals surface area contributed by atoms with Crippen molar-refractivity contribution in [3.05, 3.63) is 29.8 Å². The van der Waals surface area contributed by atoms with Crippen LogP contribution in [0.3, 0.4) is 0 Å². The molecule has 2 rings (SSSR count). The number of halogens is 1. The van der Waals surface area contributed by atoms with E-state index in [1.165, 1.54) is 6.42 Å². The first kappa shape index (κ1) is 15.2. The van der Waals surface area contributed by atoms with E-state index in [0.29, 0.717) is 25.5 Å². The molecule has 3 nitrogen and oxygen atoms in total. The van der Waals surface area contributed by atoms with E-state index in [4.69, 9.17) is 16.3 Å². The molecule has 0 aromatic heterocycles. The number of rotatable bonds is 6. The molecule has 1 amide bonds. The molecule has 20 heavy (non-hydrogen) atoms. The van der Waals surface area contributed by atoms with Crippen molar-refractivity contribution in [2.75, 3.05) is 13.2 Å². The van der Waals surface area contributed by atoms with Crippen molar-refractivity contribution >= 4 is 17.5 Å². The van der Waals surface area contributed by atoms with Gasteiger partial charge in [0.2, 0.25) is 5.91 Å². The van der Waals surface area contributed by atoms with Gasteiger partial charge in [0.25, 0.3) is 0 Å². The SMILES string of the molecule is Cc1cccc(OCCC(=O)NCC2CCCC2Cl)c1. The van der Waals surface area contributed by atoms with Gasteiger partial charge in [-0.3, -0.25) is 4.79 Å². The molecule has 1 aliphatic carbocycles. The van der Waals surface area contributed by atoms with Crippen molar-refractivity contribution in [1.82, 2.24) is 5.32 Å². The summed E-state index contributed by atoms with van der Waals surface area (Å²) >= 11 is 6.18. The maximum absolute atomic E-state index is 11.7. The summed E-state index contributed by atoms with van der Waals surface area (Å²) in [5.41, 5.74) is 1.15. The van der Waals surface area contributed by atoms with Crippen LogP contribution in [0.25, 0.3) is 0 Å². The zero-order chi connectivity index (χ0) is 14.4. The molecule has 0 spiro atoms. The van der Waals surface area contributed by atoms with E-state index in [9.17, 15) is 4.79 Å². The van der Waals surface area contributed by atoms with Gasteiger partial charge >= 0.3 is 0 Å². The van der Waals surface area contributed by atoms with Crippen LogP contribution in [0.2, 0.25) is 0 Å². The summed E-state index contributed by atoms with van der Waals surface area (Å²) in [5.74, 6) is 1.28. The summed E-state index contributed by atoms with van der Waals surface area (Å²) in [6.45, 7) is 3.12. The topological polar surface area (TPSA) is 38.3 Å². The first-order valence-corrected chi connectivity index (χ1v) is 7.69. The molecule has 0 bridgehead atoms. The smallest absolute Gasteiger partial charge is 0.223 e. The minimum absolute atomic E-state index is 0.0356. The van der Waals surface area contributed by atoms with Crippen molar-refractivity contribution in [2.24, 2.45) is 5.92 Å². The molecule has 1 aromatic rings. The fraction of sp³-hybridized carbons (Fsp3) is 0.562. The number of nitrogens with one attached hydrogen (secondary N) is 1. The Bertz CT molecular complexity index is 450. The second-order valence-electron chi connectivity index (χ2n) is 5.43. The van der Waals surface area contributed by atoms with E-state index in [-0.39, 0.29) is 11.3 Å². The van der Waals surface area contributed by atoms with Crippen molar-refractivity contribution < 1.29 is 9.53 Å². The minimum Gasteiger partial charge on any atom is -0.493 e. The largest absolute Gasteiger partial charge is 0.493 e. The van der Waals surface area contributed by atoms with Crippen molar-refractivity contribution in [1.29, 1.82) is 0 Å². The molecule has 4 heteroatoms. The molecule has 1 N–H and O–H groups in total. The fourth-order valence-corrected chi connectivity index (χ4v) is 2.89. The number of carbonyl (C=O) groups excluding carboxylic acids is 1. The van der Waals surface area contributed by atoms with Crippen LogP contribution in [-0.2, 0) is 4.79 Å². The second-order valence-corrected chi connectivity index (χ2v) is 5.99. The number of carbonyl (C=O) groups is 1. The molecule has 1 fully saturated rings. The third-order valence-corrected chi connectivity index (χ3v) is 4.29. The van der Waals surface area contributed by atoms with Crippen molar-refractivity contribution in [2.45, 2.75) is 38.0 Å². The van der Waals surface area contributed by atoms with Crippen LogP contribution < -0.4 is 10.1 Å². The Labute approximate surface area is 125 Å². The molecule has 0 aliphatic heterocycles. The Hall–Kier alpha value is -1.22. The number of alkyl halides is 1. The summed E-state index contributed by atoms with van der Waals surface area (Å²) in [6.07, 6.45) is 3.74. The number of amides is 1. The van der Waals surface area contributed by atoms with Gasteiger partial charge in [0.1, 0.15) is 5.75 Å². The highest BCUT2D eigenvalue weighted by atomic mass is 35.5. The van der Waals surface area contributed by atoms with Gasteiger partial charge in [-0.2, -0.15) is 0 Å². The van der Waals surface area contributed by atoms with Gasteiger partial charge in [0, 0.05) is 11.9 Å². The molecule has 1 aliphatic rings. The quantitative estimate of drug-likeness (QED) is 0.818. The first-order chi connectivity index (χ1) is 9.65. The van der Waals surface area contributed by atoms with Crippen LogP contribution in [-0.4, -0.2) is 24.4 Å². The fourth-order valence-electron chi connectivity index (χ4n) is 2.52. The van der Waals surface area contributed by atoms with Gasteiger partial charge in [-0.1, -0.05) is 18.6 Å². The summed E-state index contributed by atoms with van der Waals surface area (Å²) in [4.78, 5) is 11.7. The number of hydrogen-bond acceptors (Lipinski definition) is 2. The van der Waals surface area contributed by atoms with Crippen LogP contribution >= 0.6 is 11.6 Å². The van der Waals surface area contributed by atoms with Crippen molar-refractivity contribution in [3.63, 3.8) is 0 Å². The summed E-state index contributed by atoms with van der Waals surface area (Å²) in [5, 5.41) is 3.17. The lowest BCUT2D eigenvalue weighted by Crippen LogP contribution is -2.31. The van der Waals surface area contributed by atoms with Gasteiger partial charge in [0.15, 0.2) is 0 Å². The van der Waals surface area contributed by atoms with E-state index in [2.05, 4.69) is 5.32 Å². The average molecular weight is 296 g/mol. The van der Waals surface area contributed by atoms with E-state index in [0.717, 1.165) is 24.2 Å². The summed E-state index contributed by atoms with van der Waals surface area (Å²) < 4.78 is 5.56. The highest BCUT2D eigenvalue weighted by Gasteiger charge is 2.25. The summed E-state index contributed by atoms with van der Waals surface area (Å²) in [7, 11) is 0. The number of hydrogen-bond donors (Lipinski definition) is 1. The minimum atomic E-state index is 0.0356. The zero-order valence-corrected chi connectivity index (χ0v) is 12.7. The monoisotopic (exact) mass is 295 g/mol. The molecule has 110 valence electrons. The number of benzene rings is 1. The maximum atomic E-state index is 11.7. The second kappa shape index (κ2) is 7.53. The predicted molar refractivity (Wildman–Crippen MR) is 81.3 cm³/mol. The van der Waals surface area contributed by atoms with E-state index >= 15 is 0 Å². The van der Waals surface area contributed by atoms with E-state index in [1.54, 1.807) is 0 Å². The van der Waals surface area contributed by atoms with Crippen LogP contribution in [0.15, 0.2) is 24.3 Å². The Morgan fingerprint density at radius 3 is 3.00 bits per heavy atom. The lowest BCUT2D eigenvalue weighted by molar-refractivity contribution is -0.121. The van der Waals surface area contributed by atoms with Crippen LogP contribution in [0, 0.1) is 12.8 Å². The molecular formula is C16H22ClNO2. The Morgan fingerprint density at radius 2 is 2.30 bits per heavy atom. The molecule has 0 radical (unpaired) electrons. The lowest BCUT2D eigenvalue weighted by atomic mass is 10.1. The zero-order valence-electron chi connectivity index (χ0n) is 11.9. The van der Waals surface area contributed by atoms with Crippen LogP contribution in [0.1, 0.15) is 31.2 Å². The Balaban J connectivity index is 1.63. The molecule has 2 unspecified atom stereocenters. The Kier molecular flexibility index (Phi) is 5.72. The van der Waals surface area contributed by atoms with Gasteiger partial charge in [-0.05, 0) is 43.4 Å². The van der Waals surface area contributed by atoms with E-state index < -0.39 is 0 Å². The Morgan fingerprint density at radius 1 is 1.45 bits per heavy atom. The van der Waals surface area contributed by atoms with Gasteiger partial charge < -0.3 is 10.1 Å². The first-order valence-electron chi connectivity index (χ1n) is 7.25. The van der Waals surface area contributed by atoms with Gasteiger partial charge in [-0.25, -0.2) is 0 Å². The number of ether oxygens (including phenoxy) is 1. The highest BCUT2D eigenvalue weighted by Crippen LogP contribution is 2.29. The molecule has 0 heterocycles. The van der Waals surface area contributed by atoms with Crippen LogP contribution in [0.4, 0.5) is 0 Å². The molecule has 1 saturated carbocycles. The number of aryl methyl sites for hydroxylation is 1. The lowest BCUT2D eigenvalue weighted by Gasteiger charge is -2.14. The molecule has 1 aromatic carbocycles. The van der Waals surface area contributed by atoms with Crippen LogP contribution in [0.5, 0.6) is 5.75 Å². The van der Waals surface area contributed by atoms with Crippen molar-refractivity contribution in [3.8, 4) is 5.75 Å². The highest BCUT2D eigenvalue weighted by molar-refractivity contribution is 6.20. The van der Waals surface area contributed by atoms with Gasteiger partial charge in [-0.15, -0.1) is 11.6 Å². The summed E-state index contributed by atoms with van der Waals surface area (Å²) in [6, 6.07) is 7.84. The van der Waals surface area contributed by atoms with Gasteiger partial charge in [0.05, 0.1) is 13.0 Å². The predicted octanol–water partition coefficient (Wildman–Crippen LogP) is 3.29. The normalized spacial score (nSPS) is 21.7. The average Bonchev–Trinajstić information content (AvgIpc) is 2.82. The van der Waals surface area contributed by atoms with E-state index in [1.807, 2.05) is 31.2 Å². The molecule has 0 saturated heterocycles. The molecular weight excluding hydrogens is 274 g/mol. The third kappa shape index (κ3) is 4.71. The molecule has 2 atom stereocenters. The standard InChI is InChI=1S/C16H22ClNO2/c1-12-4-2-6-14(10-12)20-9-8-16(19)18-11-13-5-3-7-15(13)17/h2,4,6,10,13,15H,3,5,7-9,11H2,1H3,(H,18,19).